The number of rotatable bonds is 9. The van der Waals surface area contributed by atoms with E-state index in [9.17, 15) is 0 Å². The first kappa shape index (κ1) is 18.7. The maximum atomic E-state index is 3.91. The van der Waals surface area contributed by atoms with Gasteiger partial charge in [-0.3, -0.25) is 0 Å². The summed E-state index contributed by atoms with van der Waals surface area (Å²) in [5.74, 6) is 0. The Kier molecular flexibility index (Phi) is 7.62. The Hall–Kier alpha value is -1.33. The highest BCUT2D eigenvalue weighted by atomic mass is 127. The molecule has 1 aromatic heterocycles. The SMILES string of the molecule is C=CC[N+](CC=C)(CC=C)CCc1c[nH]c2ccccc12.[I-]. The van der Waals surface area contributed by atoms with Crippen molar-refractivity contribution in [2.24, 2.45) is 0 Å². The highest BCUT2D eigenvalue weighted by molar-refractivity contribution is 5.82. The minimum atomic E-state index is 0. The number of benzene rings is 1. The van der Waals surface area contributed by atoms with Crippen molar-refractivity contribution in [3.05, 3.63) is 74.0 Å². The Labute approximate surface area is 150 Å². The molecule has 0 bridgehead atoms. The summed E-state index contributed by atoms with van der Waals surface area (Å²) < 4.78 is 0.940. The zero-order valence-corrected chi connectivity index (χ0v) is 15.3. The molecule has 22 heavy (non-hydrogen) atoms. The van der Waals surface area contributed by atoms with Gasteiger partial charge < -0.3 is 33.4 Å². The number of halogens is 1. The fourth-order valence-corrected chi connectivity index (χ4v) is 3.02. The molecule has 0 aliphatic carbocycles. The molecule has 0 aliphatic rings. The maximum Gasteiger partial charge on any atom is 0.0976 e. The van der Waals surface area contributed by atoms with E-state index in [4.69, 9.17) is 0 Å². The van der Waals surface area contributed by atoms with Gasteiger partial charge in [0.25, 0.3) is 0 Å². The molecule has 3 heteroatoms. The van der Waals surface area contributed by atoms with Crippen molar-refractivity contribution in [2.75, 3.05) is 26.2 Å². The van der Waals surface area contributed by atoms with E-state index < -0.39 is 0 Å². The summed E-state index contributed by atoms with van der Waals surface area (Å²) in [6.45, 7) is 15.6. The predicted octanol–water partition coefficient (Wildman–Crippen LogP) is 1.09. The number of aromatic amines is 1. The lowest BCUT2D eigenvalue weighted by molar-refractivity contribution is -0.911. The number of fused-ring (bicyclic) bond motifs is 1. The number of hydrogen-bond donors (Lipinski definition) is 1. The largest absolute Gasteiger partial charge is 1.00 e. The highest BCUT2D eigenvalue weighted by Crippen LogP contribution is 2.20. The minimum Gasteiger partial charge on any atom is -1.00 e. The van der Waals surface area contributed by atoms with Gasteiger partial charge in [-0.2, -0.15) is 0 Å². The molecule has 118 valence electrons. The van der Waals surface area contributed by atoms with E-state index in [0.29, 0.717) is 0 Å². The van der Waals surface area contributed by atoms with Crippen molar-refractivity contribution in [3.63, 3.8) is 0 Å². The van der Waals surface area contributed by atoms with Crippen LogP contribution < -0.4 is 24.0 Å². The molecule has 0 fully saturated rings. The van der Waals surface area contributed by atoms with Gasteiger partial charge in [0.2, 0.25) is 0 Å². The molecule has 0 spiro atoms. The summed E-state index contributed by atoms with van der Waals surface area (Å²) in [6, 6.07) is 8.47. The normalized spacial score (nSPS) is 10.9. The summed E-state index contributed by atoms with van der Waals surface area (Å²) in [7, 11) is 0. The van der Waals surface area contributed by atoms with Crippen molar-refractivity contribution in [2.45, 2.75) is 6.42 Å². The topological polar surface area (TPSA) is 15.8 Å². The number of quaternary nitrogens is 1. The molecular weight excluding hydrogens is 383 g/mol. The number of H-pyrrole nitrogens is 1. The first-order valence-corrected chi connectivity index (χ1v) is 7.47. The molecule has 0 saturated carbocycles. The second-order valence-electron chi connectivity index (χ2n) is 5.59. The van der Waals surface area contributed by atoms with Gasteiger partial charge in [0.05, 0.1) is 26.2 Å². The van der Waals surface area contributed by atoms with Crippen LogP contribution in [0.4, 0.5) is 0 Å². The van der Waals surface area contributed by atoms with Gasteiger partial charge in [0.1, 0.15) is 0 Å². The van der Waals surface area contributed by atoms with Crippen molar-refractivity contribution >= 4 is 10.9 Å². The van der Waals surface area contributed by atoms with Crippen molar-refractivity contribution < 1.29 is 28.5 Å². The lowest BCUT2D eigenvalue weighted by atomic mass is 10.1. The van der Waals surface area contributed by atoms with Gasteiger partial charge in [-0.05, 0) is 29.9 Å². The van der Waals surface area contributed by atoms with E-state index in [1.165, 1.54) is 16.5 Å². The maximum absolute atomic E-state index is 3.91. The summed E-state index contributed by atoms with van der Waals surface area (Å²) in [5, 5.41) is 1.33. The van der Waals surface area contributed by atoms with Crippen LogP contribution >= 0.6 is 0 Å². The average molecular weight is 408 g/mol. The van der Waals surface area contributed by atoms with E-state index >= 15 is 0 Å². The number of aromatic nitrogens is 1. The number of nitrogens with one attached hydrogen (secondary N) is 1. The molecule has 2 rings (SSSR count). The summed E-state index contributed by atoms with van der Waals surface area (Å²) in [6.07, 6.45) is 9.18. The summed E-state index contributed by atoms with van der Waals surface area (Å²) >= 11 is 0. The van der Waals surface area contributed by atoms with Gasteiger partial charge in [-0.1, -0.05) is 37.9 Å². The van der Waals surface area contributed by atoms with Crippen LogP contribution in [0.15, 0.2) is 68.4 Å². The Balaban J connectivity index is 0.00000242. The summed E-state index contributed by atoms with van der Waals surface area (Å²) in [5.41, 5.74) is 2.59. The van der Waals surface area contributed by atoms with Crippen LogP contribution in [-0.2, 0) is 6.42 Å². The van der Waals surface area contributed by atoms with Crippen LogP contribution in [-0.4, -0.2) is 35.6 Å². The van der Waals surface area contributed by atoms with Gasteiger partial charge in [0, 0.05) is 23.5 Å². The van der Waals surface area contributed by atoms with Crippen molar-refractivity contribution in [1.82, 2.24) is 4.98 Å². The third-order valence-corrected chi connectivity index (χ3v) is 4.08. The predicted molar refractivity (Wildman–Crippen MR) is 92.3 cm³/mol. The quantitative estimate of drug-likeness (QED) is 0.363. The second kappa shape index (κ2) is 8.96. The average Bonchev–Trinajstić information content (AvgIpc) is 2.89. The van der Waals surface area contributed by atoms with E-state index in [2.05, 4.69) is 55.2 Å². The Bertz CT molecular complexity index is 601. The van der Waals surface area contributed by atoms with Gasteiger partial charge in [-0.15, -0.1) is 0 Å². The van der Waals surface area contributed by atoms with E-state index in [0.717, 1.165) is 37.1 Å². The van der Waals surface area contributed by atoms with Gasteiger partial charge in [-0.25, -0.2) is 0 Å². The zero-order valence-electron chi connectivity index (χ0n) is 13.1. The first-order valence-electron chi connectivity index (χ1n) is 7.47. The zero-order chi connectivity index (χ0) is 15.1. The third kappa shape index (κ3) is 4.34. The Morgan fingerprint density at radius 3 is 2.14 bits per heavy atom. The fourth-order valence-electron chi connectivity index (χ4n) is 3.02. The number of para-hydroxylation sites is 1. The fraction of sp³-hybridized carbons (Fsp3) is 0.263. The van der Waals surface area contributed by atoms with Crippen LogP contribution in [0.2, 0.25) is 0 Å². The molecule has 0 aliphatic heterocycles. The summed E-state index contributed by atoms with van der Waals surface area (Å²) in [4.78, 5) is 3.35. The molecule has 1 aromatic carbocycles. The van der Waals surface area contributed by atoms with Gasteiger partial charge in [0.15, 0.2) is 0 Å². The molecule has 0 unspecified atom stereocenters. The molecule has 0 saturated heterocycles. The van der Waals surface area contributed by atoms with Crippen molar-refractivity contribution in [3.8, 4) is 0 Å². The third-order valence-electron chi connectivity index (χ3n) is 4.08. The van der Waals surface area contributed by atoms with Crippen LogP contribution in [0.3, 0.4) is 0 Å². The van der Waals surface area contributed by atoms with E-state index in [1.807, 2.05) is 18.2 Å². The minimum absolute atomic E-state index is 0. The Morgan fingerprint density at radius 2 is 1.55 bits per heavy atom. The standard InChI is InChI=1S/C19H25N2.HI/c1-4-12-21(13-5-2,14-6-3)15-11-17-16-20-19-10-8-7-9-18(17)19;/h4-10,16,20H,1-3,11-15H2;1H/q+1;/p-1. The van der Waals surface area contributed by atoms with E-state index in [1.54, 1.807) is 0 Å². The molecule has 1 N–H and O–H groups in total. The lowest BCUT2D eigenvalue weighted by Crippen LogP contribution is -3.00. The smallest absolute Gasteiger partial charge is 0.0976 e. The number of hydrogen-bond acceptors (Lipinski definition) is 0. The molecule has 2 nitrogen and oxygen atoms in total. The van der Waals surface area contributed by atoms with Crippen LogP contribution in [0.5, 0.6) is 0 Å². The van der Waals surface area contributed by atoms with Crippen LogP contribution in [0.1, 0.15) is 5.56 Å². The van der Waals surface area contributed by atoms with Crippen molar-refractivity contribution in [1.29, 1.82) is 0 Å². The molecule has 0 radical (unpaired) electrons. The highest BCUT2D eigenvalue weighted by Gasteiger charge is 2.23. The first-order chi connectivity index (χ1) is 10.2. The molecule has 0 atom stereocenters. The second-order valence-corrected chi connectivity index (χ2v) is 5.59. The monoisotopic (exact) mass is 408 g/mol. The lowest BCUT2D eigenvalue weighted by Gasteiger charge is -2.36. The van der Waals surface area contributed by atoms with E-state index in [-0.39, 0.29) is 24.0 Å². The van der Waals surface area contributed by atoms with Crippen LogP contribution in [0, 0.1) is 0 Å². The molecule has 1 heterocycles. The molecule has 0 amide bonds. The molecular formula is C19H25IN2. The molecule has 2 aromatic rings. The number of nitrogens with zero attached hydrogens (tertiary/aromatic N) is 1. The van der Waals surface area contributed by atoms with Crippen LogP contribution in [0.25, 0.3) is 10.9 Å². The Morgan fingerprint density at radius 1 is 0.955 bits per heavy atom. The van der Waals surface area contributed by atoms with Gasteiger partial charge >= 0.3 is 0 Å².